The van der Waals surface area contributed by atoms with Crippen LogP contribution in [0.15, 0.2) is 34.7 Å². The molecule has 0 atom stereocenters. The van der Waals surface area contributed by atoms with Crippen LogP contribution in [-0.4, -0.2) is 44.2 Å². The summed E-state index contributed by atoms with van der Waals surface area (Å²) in [6, 6.07) is 9.35. The number of furan rings is 1. The minimum atomic E-state index is -0.0808. The summed E-state index contributed by atoms with van der Waals surface area (Å²) < 4.78 is 16.2. The first kappa shape index (κ1) is 20.3. The van der Waals surface area contributed by atoms with Gasteiger partial charge in [-0.3, -0.25) is 9.69 Å². The van der Waals surface area contributed by atoms with Gasteiger partial charge in [0.1, 0.15) is 23.0 Å². The maximum atomic E-state index is 12.0. The van der Waals surface area contributed by atoms with Gasteiger partial charge in [-0.05, 0) is 76.0 Å². The topological polar surface area (TPSA) is 63.9 Å². The van der Waals surface area contributed by atoms with E-state index in [0.29, 0.717) is 18.2 Å². The first-order valence-electron chi connectivity index (χ1n) is 9.85. The van der Waals surface area contributed by atoms with Crippen molar-refractivity contribution in [2.24, 2.45) is 5.92 Å². The summed E-state index contributed by atoms with van der Waals surface area (Å²) in [5.74, 6) is 3.86. The van der Waals surface area contributed by atoms with Crippen LogP contribution in [0.25, 0.3) is 0 Å². The van der Waals surface area contributed by atoms with Crippen LogP contribution in [0.1, 0.15) is 29.9 Å². The quantitative estimate of drug-likeness (QED) is 0.754. The fraction of sp³-hybridized carbons (Fsp3) is 0.500. The van der Waals surface area contributed by atoms with E-state index < -0.39 is 0 Å². The number of benzene rings is 1. The van der Waals surface area contributed by atoms with Crippen molar-refractivity contribution in [2.75, 3.05) is 33.4 Å². The molecule has 1 amide bonds. The van der Waals surface area contributed by atoms with Crippen molar-refractivity contribution in [1.82, 2.24) is 10.2 Å². The molecular weight excluding hydrogens is 356 g/mol. The summed E-state index contributed by atoms with van der Waals surface area (Å²) in [5, 5.41) is 3.00. The van der Waals surface area contributed by atoms with Crippen molar-refractivity contribution in [3.63, 3.8) is 0 Å². The molecular formula is C22H30N2O4. The average Bonchev–Trinajstić information content (AvgIpc) is 3.03. The Bertz CT molecular complexity index is 761. The highest BCUT2D eigenvalue weighted by atomic mass is 16.5. The second-order valence-corrected chi connectivity index (χ2v) is 7.43. The normalized spacial score (nSPS) is 15.4. The average molecular weight is 386 g/mol. The highest BCUT2D eigenvalue weighted by Gasteiger charge is 2.21. The number of carbonyl (C=O) groups excluding carboxylic acids is 1. The van der Waals surface area contributed by atoms with E-state index in [9.17, 15) is 4.79 Å². The molecule has 2 heterocycles. The number of ether oxygens (including phenoxy) is 2. The van der Waals surface area contributed by atoms with Crippen molar-refractivity contribution < 1.29 is 18.7 Å². The fourth-order valence-electron chi connectivity index (χ4n) is 3.56. The Balaban J connectivity index is 1.33. The van der Waals surface area contributed by atoms with E-state index in [2.05, 4.69) is 16.3 Å². The molecule has 1 aromatic carbocycles. The van der Waals surface area contributed by atoms with Crippen molar-refractivity contribution in [1.29, 1.82) is 0 Å². The van der Waals surface area contributed by atoms with Gasteiger partial charge in [-0.1, -0.05) is 0 Å². The first-order valence-corrected chi connectivity index (χ1v) is 9.85. The Morgan fingerprint density at radius 2 is 1.86 bits per heavy atom. The molecule has 0 unspecified atom stereocenters. The van der Waals surface area contributed by atoms with E-state index in [1.165, 1.54) is 5.56 Å². The van der Waals surface area contributed by atoms with Crippen molar-refractivity contribution in [2.45, 2.75) is 33.2 Å². The number of methoxy groups -OCH3 is 1. The molecule has 0 bridgehead atoms. The molecule has 28 heavy (non-hydrogen) atoms. The third kappa shape index (κ3) is 5.76. The van der Waals surface area contributed by atoms with E-state index in [0.717, 1.165) is 49.7 Å². The van der Waals surface area contributed by atoms with Crippen LogP contribution in [0, 0.1) is 19.8 Å². The molecule has 0 radical (unpaired) electrons. The predicted molar refractivity (Wildman–Crippen MR) is 108 cm³/mol. The summed E-state index contributed by atoms with van der Waals surface area (Å²) in [6.07, 6.45) is 2.19. The van der Waals surface area contributed by atoms with Crippen LogP contribution in [-0.2, 0) is 11.3 Å². The van der Waals surface area contributed by atoms with E-state index >= 15 is 0 Å². The zero-order chi connectivity index (χ0) is 19.9. The number of piperidine rings is 1. The van der Waals surface area contributed by atoms with Gasteiger partial charge in [-0.25, -0.2) is 0 Å². The predicted octanol–water partition coefficient (Wildman–Crippen LogP) is 3.31. The van der Waals surface area contributed by atoms with Gasteiger partial charge < -0.3 is 19.2 Å². The summed E-state index contributed by atoms with van der Waals surface area (Å²) >= 11 is 0. The number of rotatable bonds is 8. The van der Waals surface area contributed by atoms with E-state index in [-0.39, 0.29) is 12.5 Å². The Morgan fingerprint density at radius 1 is 1.18 bits per heavy atom. The number of likely N-dealkylation sites (tertiary alicyclic amines) is 1. The third-order valence-corrected chi connectivity index (χ3v) is 5.26. The van der Waals surface area contributed by atoms with Crippen LogP contribution in [0.3, 0.4) is 0 Å². The largest absolute Gasteiger partial charge is 0.497 e. The van der Waals surface area contributed by atoms with Crippen molar-refractivity contribution >= 4 is 5.91 Å². The summed E-state index contributed by atoms with van der Waals surface area (Å²) in [7, 11) is 1.62. The molecule has 0 aliphatic carbocycles. The molecule has 0 saturated carbocycles. The lowest BCUT2D eigenvalue weighted by molar-refractivity contribution is -0.123. The molecule has 152 valence electrons. The Kier molecular flexibility index (Phi) is 6.98. The molecule has 1 fully saturated rings. The van der Waals surface area contributed by atoms with Crippen LogP contribution in [0.4, 0.5) is 0 Å². The minimum absolute atomic E-state index is 0.0320. The molecule has 3 rings (SSSR count). The van der Waals surface area contributed by atoms with Gasteiger partial charge in [0, 0.05) is 18.7 Å². The molecule has 6 nitrogen and oxygen atoms in total. The summed E-state index contributed by atoms with van der Waals surface area (Å²) in [5.41, 5.74) is 1.28. The molecule has 1 aromatic heterocycles. The zero-order valence-corrected chi connectivity index (χ0v) is 17.0. The van der Waals surface area contributed by atoms with Gasteiger partial charge in [0.15, 0.2) is 6.61 Å². The van der Waals surface area contributed by atoms with Gasteiger partial charge >= 0.3 is 0 Å². The molecule has 0 spiro atoms. The Morgan fingerprint density at radius 3 is 2.46 bits per heavy atom. The number of nitrogens with zero attached hydrogens (tertiary/aromatic N) is 1. The maximum Gasteiger partial charge on any atom is 0.257 e. The molecule has 1 aliphatic rings. The van der Waals surface area contributed by atoms with Gasteiger partial charge in [0.05, 0.1) is 7.11 Å². The molecule has 1 aliphatic heterocycles. The van der Waals surface area contributed by atoms with Crippen molar-refractivity contribution in [3.8, 4) is 11.5 Å². The number of nitrogens with one attached hydrogen (secondary N) is 1. The summed E-state index contributed by atoms with van der Waals surface area (Å²) in [6.45, 7) is 7.80. The van der Waals surface area contributed by atoms with Gasteiger partial charge in [0.25, 0.3) is 5.91 Å². The van der Waals surface area contributed by atoms with Crippen LogP contribution >= 0.6 is 0 Å². The van der Waals surface area contributed by atoms with E-state index in [1.807, 2.05) is 26.0 Å². The lowest BCUT2D eigenvalue weighted by Gasteiger charge is -2.31. The number of amides is 1. The Labute approximate surface area is 166 Å². The monoisotopic (exact) mass is 386 g/mol. The second kappa shape index (κ2) is 9.64. The standard InChI is InChI=1S/C22H30N2O4/c1-16-12-19(17(2)28-16)14-24-10-8-18(9-11-24)13-23-22(25)15-27-21-6-4-20(26-3)5-7-21/h4-7,12,18H,8-11,13-15H2,1-3H3,(H,23,25). The second-order valence-electron chi connectivity index (χ2n) is 7.43. The highest BCUT2D eigenvalue weighted by Crippen LogP contribution is 2.21. The number of aryl methyl sites for hydroxylation is 2. The van der Waals surface area contributed by atoms with Crippen LogP contribution in [0.5, 0.6) is 11.5 Å². The van der Waals surface area contributed by atoms with E-state index in [1.54, 1.807) is 19.2 Å². The fourth-order valence-corrected chi connectivity index (χ4v) is 3.56. The lowest BCUT2D eigenvalue weighted by atomic mass is 9.96. The molecule has 1 N–H and O–H groups in total. The molecule has 2 aromatic rings. The minimum Gasteiger partial charge on any atom is -0.497 e. The number of hydrogen-bond donors (Lipinski definition) is 1. The van der Waals surface area contributed by atoms with Gasteiger partial charge in [-0.15, -0.1) is 0 Å². The Hall–Kier alpha value is -2.47. The van der Waals surface area contributed by atoms with Crippen LogP contribution < -0.4 is 14.8 Å². The van der Waals surface area contributed by atoms with Gasteiger partial charge in [-0.2, -0.15) is 0 Å². The summed E-state index contributed by atoms with van der Waals surface area (Å²) in [4.78, 5) is 14.5. The van der Waals surface area contributed by atoms with Crippen molar-refractivity contribution in [3.05, 3.63) is 47.4 Å². The smallest absolute Gasteiger partial charge is 0.257 e. The third-order valence-electron chi connectivity index (χ3n) is 5.26. The number of carbonyl (C=O) groups is 1. The SMILES string of the molecule is COc1ccc(OCC(=O)NCC2CCN(Cc3cc(C)oc3C)CC2)cc1. The maximum absolute atomic E-state index is 12.0. The van der Waals surface area contributed by atoms with E-state index in [4.69, 9.17) is 13.9 Å². The first-order chi connectivity index (χ1) is 13.5. The van der Waals surface area contributed by atoms with Crippen LogP contribution in [0.2, 0.25) is 0 Å². The van der Waals surface area contributed by atoms with Gasteiger partial charge in [0.2, 0.25) is 0 Å². The molecule has 1 saturated heterocycles. The zero-order valence-electron chi connectivity index (χ0n) is 17.0. The molecule has 6 heteroatoms. The lowest BCUT2D eigenvalue weighted by Crippen LogP contribution is -2.39. The highest BCUT2D eigenvalue weighted by molar-refractivity contribution is 5.77. The number of hydrogen-bond acceptors (Lipinski definition) is 5.